The molecule has 186 valence electrons. The molecule has 1 aromatic heterocycles. The Labute approximate surface area is 215 Å². The fourth-order valence-electron chi connectivity index (χ4n) is 4.49. The molecule has 3 aromatic rings. The van der Waals surface area contributed by atoms with Crippen LogP contribution in [0.15, 0.2) is 64.5 Å². The van der Waals surface area contributed by atoms with Crippen LogP contribution in [0.25, 0.3) is 11.8 Å². The molecule has 0 radical (unpaired) electrons. The third kappa shape index (κ3) is 5.20. The molecule has 3 heterocycles. The maximum atomic E-state index is 12.7. The average molecular weight is 503 g/mol. The van der Waals surface area contributed by atoms with Crippen molar-refractivity contribution in [3.8, 4) is 11.4 Å². The Hall–Kier alpha value is -3.49. The predicted octanol–water partition coefficient (Wildman–Crippen LogP) is 5.22. The van der Waals surface area contributed by atoms with Gasteiger partial charge in [-0.2, -0.15) is 0 Å². The minimum Gasteiger partial charge on any atom is -0.494 e. The number of thioether (sulfide) groups is 1. The number of anilines is 1. The standard InChI is InChI=1S/C28H30N4O3S/c1-4-35-25-11-5-22(6-12-25)29-28-30-27(33)26(36-28)18-21-17-19(2)32(20(21)3)24-9-7-23(8-10-24)31-13-15-34-16-14-31/h5-12,17-18H,4,13-16H2,1-3H3,(H,29,30,33)/b26-18-. The van der Waals surface area contributed by atoms with Gasteiger partial charge in [-0.05, 0) is 98.8 Å². The van der Waals surface area contributed by atoms with Gasteiger partial charge in [0.2, 0.25) is 0 Å². The van der Waals surface area contributed by atoms with Crippen molar-refractivity contribution in [2.45, 2.75) is 20.8 Å². The fraction of sp³-hybridized carbons (Fsp3) is 0.286. The summed E-state index contributed by atoms with van der Waals surface area (Å²) in [7, 11) is 0. The van der Waals surface area contributed by atoms with Crippen molar-refractivity contribution in [3.63, 3.8) is 0 Å². The largest absolute Gasteiger partial charge is 0.494 e. The minimum absolute atomic E-state index is 0.135. The van der Waals surface area contributed by atoms with E-state index in [2.05, 4.69) is 64.0 Å². The summed E-state index contributed by atoms with van der Waals surface area (Å²) in [5, 5.41) is 3.45. The number of nitrogens with one attached hydrogen (secondary N) is 1. The van der Waals surface area contributed by atoms with Gasteiger partial charge in [-0.3, -0.25) is 4.79 Å². The van der Waals surface area contributed by atoms with E-state index in [1.54, 1.807) is 0 Å². The number of morpholine rings is 1. The number of amidine groups is 1. The molecule has 2 saturated heterocycles. The zero-order valence-electron chi connectivity index (χ0n) is 20.8. The molecule has 0 bridgehead atoms. The first-order valence-electron chi connectivity index (χ1n) is 12.2. The predicted molar refractivity (Wildman–Crippen MR) is 147 cm³/mol. The van der Waals surface area contributed by atoms with E-state index < -0.39 is 0 Å². The second-order valence-electron chi connectivity index (χ2n) is 8.69. The Balaban J connectivity index is 1.34. The normalized spacial score (nSPS) is 18.2. The van der Waals surface area contributed by atoms with Crippen molar-refractivity contribution in [1.82, 2.24) is 9.88 Å². The van der Waals surface area contributed by atoms with Crippen LogP contribution in [-0.4, -0.2) is 48.6 Å². The molecule has 5 rings (SSSR count). The number of carbonyl (C=O) groups is 1. The molecule has 8 heteroatoms. The highest BCUT2D eigenvalue weighted by Gasteiger charge is 2.24. The lowest BCUT2D eigenvalue weighted by Crippen LogP contribution is -2.36. The Morgan fingerprint density at radius 3 is 2.44 bits per heavy atom. The summed E-state index contributed by atoms with van der Waals surface area (Å²) in [5.41, 5.74) is 6.30. The van der Waals surface area contributed by atoms with Crippen LogP contribution in [0.5, 0.6) is 5.75 Å². The minimum atomic E-state index is -0.135. The first-order chi connectivity index (χ1) is 17.5. The number of aromatic nitrogens is 1. The molecule has 2 aromatic carbocycles. The lowest BCUT2D eigenvalue weighted by molar-refractivity contribution is -0.115. The molecule has 2 aliphatic rings. The summed E-state index contributed by atoms with van der Waals surface area (Å²) < 4.78 is 13.2. The number of nitrogens with zero attached hydrogens (tertiary/aromatic N) is 3. The third-order valence-corrected chi connectivity index (χ3v) is 7.18. The second kappa shape index (κ2) is 10.6. The summed E-state index contributed by atoms with van der Waals surface area (Å²) in [6.07, 6.45) is 1.95. The summed E-state index contributed by atoms with van der Waals surface area (Å²) in [6.45, 7) is 10.1. The second-order valence-corrected chi connectivity index (χ2v) is 9.72. The SMILES string of the molecule is CCOc1ccc(N=C2NC(=O)/C(=C/c3cc(C)n(-c4ccc(N5CCOCC5)cc4)c3C)S2)cc1. The number of rotatable bonds is 6. The molecule has 0 unspecified atom stereocenters. The molecule has 36 heavy (non-hydrogen) atoms. The summed E-state index contributed by atoms with van der Waals surface area (Å²) in [6, 6.07) is 18.3. The van der Waals surface area contributed by atoms with Crippen molar-refractivity contribution in [2.75, 3.05) is 37.8 Å². The summed E-state index contributed by atoms with van der Waals surface area (Å²) in [4.78, 5) is 20.2. The molecular weight excluding hydrogens is 472 g/mol. The summed E-state index contributed by atoms with van der Waals surface area (Å²) in [5.74, 6) is 0.667. The van der Waals surface area contributed by atoms with Gasteiger partial charge in [0, 0.05) is 35.9 Å². The Morgan fingerprint density at radius 1 is 1.06 bits per heavy atom. The van der Waals surface area contributed by atoms with E-state index in [4.69, 9.17) is 9.47 Å². The first kappa shape index (κ1) is 24.2. The first-order valence-corrected chi connectivity index (χ1v) is 13.0. The van der Waals surface area contributed by atoms with Crippen LogP contribution >= 0.6 is 11.8 Å². The van der Waals surface area contributed by atoms with Crippen molar-refractivity contribution >= 4 is 40.3 Å². The Bertz CT molecular complexity index is 1300. The lowest BCUT2D eigenvalue weighted by Gasteiger charge is -2.29. The number of aliphatic imine (C=N–C) groups is 1. The van der Waals surface area contributed by atoms with Gasteiger partial charge in [-0.15, -0.1) is 0 Å². The molecular formula is C28H30N4O3S. The van der Waals surface area contributed by atoms with Crippen LogP contribution in [0, 0.1) is 13.8 Å². The molecule has 0 aliphatic carbocycles. The Morgan fingerprint density at radius 2 is 1.75 bits per heavy atom. The van der Waals surface area contributed by atoms with Crippen molar-refractivity contribution < 1.29 is 14.3 Å². The molecule has 2 fully saturated rings. The molecule has 2 aliphatic heterocycles. The highest BCUT2D eigenvalue weighted by atomic mass is 32.2. The van der Waals surface area contributed by atoms with E-state index in [9.17, 15) is 4.79 Å². The van der Waals surface area contributed by atoms with Gasteiger partial charge in [-0.1, -0.05) is 0 Å². The number of ether oxygens (including phenoxy) is 2. The van der Waals surface area contributed by atoms with E-state index in [1.165, 1.54) is 17.4 Å². The van der Waals surface area contributed by atoms with Crippen LogP contribution in [0.1, 0.15) is 23.9 Å². The van der Waals surface area contributed by atoms with E-state index >= 15 is 0 Å². The van der Waals surface area contributed by atoms with Gasteiger partial charge in [0.05, 0.1) is 30.4 Å². The zero-order chi connectivity index (χ0) is 25.1. The number of carbonyl (C=O) groups excluding carboxylic acids is 1. The quantitative estimate of drug-likeness (QED) is 0.468. The number of benzene rings is 2. The van der Waals surface area contributed by atoms with Gasteiger partial charge in [-0.25, -0.2) is 4.99 Å². The number of amides is 1. The van der Waals surface area contributed by atoms with Crippen LogP contribution in [0.3, 0.4) is 0 Å². The van der Waals surface area contributed by atoms with Gasteiger partial charge >= 0.3 is 0 Å². The van der Waals surface area contributed by atoms with Crippen LogP contribution in [0.4, 0.5) is 11.4 Å². The number of hydrogen-bond acceptors (Lipinski definition) is 6. The van der Waals surface area contributed by atoms with Gasteiger partial charge in [0.25, 0.3) is 5.91 Å². The van der Waals surface area contributed by atoms with Crippen LogP contribution in [-0.2, 0) is 9.53 Å². The number of aryl methyl sites for hydroxylation is 1. The van der Waals surface area contributed by atoms with Gasteiger partial charge in [0.15, 0.2) is 5.17 Å². The highest BCUT2D eigenvalue weighted by molar-refractivity contribution is 8.18. The van der Waals surface area contributed by atoms with E-state index in [1.807, 2.05) is 37.3 Å². The van der Waals surface area contributed by atoms with Gasteiger partial charge < -0.3 is 24.3 Å². The van der Waals surface area contributed by atoms with Crippen molar-refractivity contribution in [1.29, 1.82) is 0 Å². The molecule has 7 nitrogen and oxygen atoms in total. The molecule has 0 saturated carbocycles. The maximum Gasteiger partial charge on any atom is 0.264 e. The summed E-state index contributed by atoms with van der Waals surface area (Å²) >= 11 is 1.35. The average Bonchev–Trinajstić information content (AvgIpc) is 3.38. The Kier molecular flexibility index (Phi) is 7.16. The smallest absolute Gasteiger partial charge is 0.264 e. The highest BCUT2D eigenvalue weighted by Crippen LogP contribution is 2.31. The zero-order valence-corrected chi connectivity index (χ0v) is 21.6. The van der Waals surface area contributed by atoms with Crippen molar-refractivity contribution in [2.24, 2.45) is 4.99 Å². The van der Waals surface area contributed by atoms with E-state index in [0.29, 0.717) is 16.7 Å². The van der Waals surface area contributed by atoms with E-state index in [0.717, 1.165) is 60.4 Å². The number of hydrogen-bond donors (Lipinski definition) is 1. The molecule has 1 amide bonds. The monoisotopic (exact) mass is 502 g/mol. The van der Waals surface area contributed by atoms with Crippen molar-refractivity contribution in [3.05, 3.63) is 76.5 Å². The molecule has 1 N–H and O–H groups in total. The van der Waals surface area contributed by atoms with Crippen LogP contribution in [0.2, 0.25) is 0 Å². The molecule has 0 atom stereocenters. The van der Waals surface area contributed by atoms with E-state index in [-0.39, 0.29) is 5.91 Å². The lowest BCUT2D eigenvalue weighted by atomic mass is 10.2. The fourth-order valence-corrected chi connectivity index (χ4v) is 5.32. The topological polar surface area (TPSA) is 68.1 Å². The van der Waals surface area contributed by atoms with Gasteiger partial charge in [0.1, 0.15) is 5.75 Å². The molecule has 0 spiro atoms. The third-order valence-electron chi connectivity index (χ3n) is 6.27. The maximum absolute atomic E-state index is 12.7. The van der Waals surface area contributed by atoms with Crippen LogP contribution < -0.4 is 15.0 Å².